The molecule has 0 aliphatic heterocycles. The highest BCUT2D eigenvalue weighted by Gasteiger charge is 2.60. The molecule has 4 saturated carbocycles. The van der Waals surface area contributed by atoms with Crippen molar-refractivity contribution in [3.05, 3.63) is 0 Å². The number of hydrogen-bond acceptors (Lipinski definition) is 2. The van der Waals surface area contributed by atoms with Crippen LogP contribution in [0.2, 0.25) is 0 Å². The molecular formula is C20H30BrNO. The van der Waals surface area contributed by atoms with Crippen LogP contribution in [-0.4, -0.2) is 16.0 Å². The summed E-state index contributed by atoms with van der Waals surface area (Å²) in [4.78, 5) is 0.270. The highest BCUT2D eigenvalue weighted by atomic mass is 79.9. The zero-order valence-corrected chi connectivity index (χ0v) is 16.1. The van der Waals surface area contributed by atoms with Gasteiger partial charge in [-0.2, -0.15) is 5.26 Å². The summed E-state index contributed by atoms with van der Waals surface area (Å²) in [7, 11) is 0. The summed E-state index contributed by atoms with van der Waals surface area (Å²) in [6.45, 7) is 4.94. The molecule has 0 aromatic heterocycles. The number of aliphatic hydroxyl groups excluding tert-OH is 1. The molecule has 9 atom stereocenters. The maximum absolute atomic E-state index is 10.3. The predicted molar refractivity (Wildman–Crippen MR) is 94.9 cm³/mol. The normalized spacial score (nSPS) is 58.7. The molecule has 0 aromatic carbocycles. The minimum atomic E-state index is -0.159. The maximum Gasteiger partial charge on any atom is 0.0668 e. The van der Waals surface area contributed by atoms with E-state index in [1.165, 1.54) is 32.1 Å². The summed E-state index contributed by atoms with van der Waals surface area (Å²) in [6, 6.07) is 2.64. The van der Waals surface area contributed by atoms with Gasteiger partial charge >= 0.3 is 0 Å². The molecule has 128 valence electrons. The van der Waals surface area contributed by atoms with E-state index in [1.54, 1.807) is 0 Å². The molecule has 0 radical (unpaired) electrons. The van der Waals surface area contributed by atoms with Crippen molar-refractivity contribution in [2.45, 2.75) is 76.1 Å². The Morgan fingerprint density at radius 3 is 2.52 bits per heavy atom. The fraction of sp³-hybridized carbons (Fsp3) is 0.950. The van der Waals surface area contributed by atoms with Crippen LogP contribution in [-0.2, 0) is 0 Å². The molecule has 23 heavy (non-hydrogen) atoms. The lowest BCUT2D eigenvalue weighted by atomic mass is 9.44. The maximum atomic E-state index is 10.3. The zero-order chi connectivity index (χ0) is 16.4. The number of nitriles is 1. The Hall–Kier alpha value is -0.0700. The molecule has 1 N–H and O–H groups in total. The molecule has 0 heterocycles. The van der Waals surface area contributed by atoms with Crippen LogP contribution in [0, 0.1) is 51.8 Å². The standard InChI is InChI=1S/C20H30BrNO/c1-19-8-7-16-14(15(19)6-4-13(19)11-22)5-3-12-9-18(23)17(21)10-20(12,16)2/h12-18,23H,3-10H2,1-2H3/t12-,13+,14-,15-,16-,17-,18-,19+,20-/m0/s1. The number of hydrogen-bond donors (Lipinski definition) is 1. The van der Waals surface area contributed by atoms with Crippen LogP contribution in [0.25, 0.3) is 0 Å². The van der Waals surface area contributed by atoms with Crippen LogP contribution < -0.4 is 0 Å². The van der Waals surface area contributed by atoms with E-state index < -0.39 is 0 Å². The second-order valence-electron chi connectivity index (χ2n) is 9.48. The zero-order valence-electron chi connectivity index (χ0n) is 14.5. The Kier molecular flexibility index (Phi) is 3.90. The van der Waals surface area contributed by atoms with E-state index in [0.29, 0.717) is 11.3 Å². The Bertz CT molecular complexity index is 530. The van der Waals surface area contributed by atoms with E-state index in [2.05, 4.69) is 35.8 Å². The Morgan fingerprint density at radius 1 is 1.04 bits per heavy atom. The van der Waals surface area contributed by atoms with E-state index in [9.17, 15) is 10.4 Å². The number of rotatable bonds is 0. The van der Waals surface area contributed by atoms with Crippen LogP contribution in [0.4, 0.5) is 0 Å². The Morgan fingerprint density at radius 2 is 1.78 bits per heavy atom. The van der Waals surface area contributed by atoms with Crippen molar-refractivity contribution in [2.75, 3.05) is 0 Å². The lowest BCUT2D eigenvalue weighted by Crippen LogP contribution is -2.55. The van der Waals surface area contributed by atoms with Crippen molar-refractivity contribution in [2.24, 2.45) is 40.4 Å². The number of aliphatic hydroxyl groups is 1. The number of halogens is 1. The number of fused-ring (bicyclic) bond motifs is 5. The second kappa shape index (κ2) is 5.46. The highest BCUT2D eigenvalue weighted by molar-refractivity contribution is 9.09. The fourth-order valence-corrected chi connectivity index (χ4v) is 8.36. The van der Waals surface area contributed by atoms with E-state index in [4.69, 9.17) is 0 Å². The molecule has 0 spiro atoms. The summed E-state index contributed by atoms with van der Waals surface area (Å²) in [5.74, 6) is 3.39. The van der Waals surface area contributed by atoms with E-state index in [0.717, 1.165) is 37.0 Å². The monoisotopic (exact) mass is 379 g/mol. The predicted octanol–water partition coefficient (Wildman–Crippen LogP) is 4.90. The molecule has 4 aliphatic rings. The second-order valence-corrected chi connectivity index (χ2v) is 10.7. The first-order chi connectivity index (χ1) is 10.9. The lowest BCUT2D eigenvalue weighted by molar-refractivity contribution is -0.121. The molecule has 0 unspecified atom stereocenters. The molecule has 4 aliphatic carbocycles. The summed E-state index contributed by atoms with van der Waals surface area (Å²) in [6.07, 6.45) is 9.53. The van der Waals surface area contributed by atoms with Gasteiger partial charge in [0.25, 0.3) is 0 Å². The molecule has 0 saturated heterocycles. The van der Waals surface area contributed by atoms with Crippen LogP contribution in [0.15, 0.2) is 0 Å². The van der Waals surface area contributed by atoms with E-state index >= 15 is 0 Å². The van der Waals surface area contributed by atoms with Gasteiger partial charge in [-0.3, -0.25) is 0 Å². The quantitative estimate of drug-likeness (QED) is 0.608. The number of alkyl halides is 1. The average Bonchev–Trinajstić information content (AvgIpc) is 2.85. The van der Waals surface area contributed by atoms with Gasteiger partial charge in [-0.05, 0) is 85.9 Å². The van der Waals surface area contributed by atoms with Gasteiger partial charge in [0, 0.05) is 4.83 Å². The van der Waals surface area contributed by atoms with Gasteiger partial charge in [-0.25, -0.2) is 0 Å². The first-order valence-electron chi connectivity index (χ1n) is 9.62. The van der Waals surface area contributed by atoms with E-state index in [-0.39, 0.29) is 22.3 Å². The van der Waals surface area contributed by atoms with Gasteiger partial charge in [0.1, 0.15) is 0 Å². The van der Waals surface area contributed by atoms with E-state index in [1.807, 2.05) is 0 Å². The summed E-state index contributed by atoms with van der Waals surface area (Å²) >= 11 is 3.76. The average molecular weight is 380 g/mol. The van der Waals surface area contributed by atoms with Gasteiger partial charge in [0.15, 0.2) is 0 Å². The molecule has 0 amide bonds. The summed E-state index contributed by atoms with van der Waals surface area (Å²) < 4.78 is 0. The van der Waals surface area contributed by atoms with Gasteiger partial charge in [-0.1, -0.05) is 29.8 Å². The van der Waals surface area contributed by atoms with Gasteiger partial charge in [-0.15, -0.1) is 0 Å². The fourth-order valence-electron chi connectivity index (χ4n) is 7.45. The smallest absolute Gasteiger partial charge is 0.0668 e. The minimum absolute atomic E-state index is 0.159. The topological polar surface area (TPSA) is 44.0 Å². The molecule has 2 nitrogen and oxygen atoms in total. The molecular weight excluding hydrogens is 350 g/mol. The van der Waals surface area contributed by atoms with Gasteiger partial charge in [0.2, 0.25) is 0 Å². The Labute approximate surface area is 149 Å². The van der Waals surface area contributed by atoms with Gasteiger partial charge < -0.3 is 5.11 Å². The van der Waals surface area contributed by atoms with Crippen molar-refractivity contribution in [3.8, 4) is 6.07 Å². The first-order valence-corrected chi connectivity index (χ1v) is 10.5. The van der Waals surface area contributed by atoms with Crippen molar-refractivity contribution in [3.63, 3.8) is 0 Å². The van der Waals surface area contributed by atoms with Gasteiger partial charge in [0.05, 0.1) is 18.1 Å². The largest absolute Gasteiger partial charge is 0.392 e. The van der Waals surface area contributed by atoms with Crippen molar-refractivity contribution >= 4 is 15.9 Å². The van der Waals surface area contributed by atoms with Crippen molar-refractivity contribution < 1.29 is 5.11 Å². The third-order valence-electron chi connectivity index (χ3n) is 8.80. The first kappa shape index (κ1) is 16.4. The lowest BCUT2D eigenvalue weighted by Gasteiger charge is -2.61. The summed E-state index contributed by atoms with van der Waals surface area (Å²) in [5.41, 5.74) is 0.670. The van der Waals surface area contributed by atoms with Crippen LogP contribution >= 0.6 is 15.9 Å². The molecule has 3 heteroatoms. The highest BCUT2D eigenvalue weighted by Crippen LogP contribution is 2.67. The molecule has 0 bridgehead atoms. The van der Waals surface area contributed by atoms with Crippen molar-refractivity contribution in [1.29, 1.82) is 5.26 Å². The van der Waals surface area contributed by atoms with Crippen LogP contribution in [0.5, 0.6) is 0 Å². The third-order valence-corrected chi connectivity index (χ3v) is 9.73. The van der Waals surface area contributed by atoms with Crippen LogP contribution in [0.1, 0.15) is 65.2 Å². The molecule has 4 rings (SSSR count). The number of nitrogens with zero attached hydrogens (tertiary/aromatic N) is 1. The summed E-state index contributed by atoms with van der Waals surface area (Å²) in [5, 5.41) is 19.9. The van der Waals surface area contributed by atoms with Crippen LogP contribution in [0.3, 0.4) is 0 Å². The minimum Gasteiger partial charge on any atom is -0.392 e. The third kappa shape index (κ3) is 2.20. The molecule has 0 aromatic rings. The molecule has 4 fully saturated rings. The Balaban J connectivity index is 1.63. The van der Waals surface area contributed by atoms with Crippen molar-refractivity contribution in [1.82, 2.24) is 0 Å². The SMILES string of the molecule is C[C@]12C[C@H](Br)[C@@H](O)C[C@@H]1CC[C@@H]1[C@@H]2CC[C@]2(C)[C@@H](C#N)CC[C@@H]12.